The molecule has 0 bridgehead atoms. The number of amides is 1. The number of hydrogen-bond acceptors (Lipinski definition) is 5. The molecule has 2 aromatic carbocycles. The van der Waals surface area contributed by atoms with Crippen molar-refractivity contribution in [3.63, 3.8) is 0 Å². The van der Waals surface area contributed by atoms with Gasteiger partial charge in [0.2, 0.25) is 0 Å². The van der Waals surface area contributed by atoms with Crippen LogP contribution in [0.5, 0.6) is 5.75 Å². The quantitative estimate of drug-likeness (QED) is 0.664. The van der Waals surface area contributed by atoms with Crippen molar-refractivity contribution in [2.75, 3.05) is 17.7 Å². The molecule has 3 rings (SSSR count). The third kappa shape index (κ3) is 4.74. The first-order chi connectivity index (χ1) is 13.1. The minimum absolute atomic E-state index is 0.246. The van der Waals surface area contributed by atoms with Crippen LogP contribution in [0.1, 0.15) is 21.6 Å². The fourth-order valence-corrected chi connectivity index (χ4v) is 2.71. The van der Waals surface area contributed by atoms with E-state index >= 15 is 0 Å². The molecule has 0 saturated carbocycles. The van der Waals surface area contributed by atoms with E-state index in [1.165, 1.54) is 6.33 Å². The summed E-state index contributed by atoms with van der Waals surface area (Å²) in [5, 5.41) is 6.65. The van der Waals surface area contributed by atoms with Crippen LogP contribution in [0.15, 0.2) is 54.9 Å². The van der Waals surface area contributed by atoms with Gasteiger partial charge in [0.25, 0.3) is 5.91 Å². The molecule has 1 aromatic heterocycles. The number of methoxy groups -OCH3 is 1. The number of carbonyl (C=O) groups is 1. The van der Waals surface area contributed by atoms with Crippen LogP contribution in [0.3, 0.4) is 0 Å². The van der Waals surface area contributed by atoms with Gasteiger partial charge in [-0.1, -0.05) is 35.9 Å². The maximum Gasteiger partial charge on any atom is 0.274 e. The van der Waals surface area contributed by atoms with Gasteiger partial charge in [-0.2, -0.15) is 0 Å². The maximum atomic E-state index is 12.6. The highest BCUT2D eigenvalue weighted by molar-refractivity contribution is 6.31. The SMILES string of the molecule is COc1ccc(C)cc1NC(=O)c1cc(NCc2ccccc2Cl)ncn1. The molecule has 6 nitrogen and oxygen atoms in total. The van der Waals surface area contributed by atoms with Gasteiger partial charge in [-0.05, 0) is 36.2 Å². The lowest BCUT2D eigenvalue weighted by molar-refractivity contribution is 0.102. The molecule has 0 saturated heterocycles. The number of carbonyl (C=O) groups excluding carboxylic acids is 1. The molecule has 27 heavy (non-hydrogen) atoms. The van der Waals surface area contributed by atoms with Gasteiger partial charge in [-0.15, -0.1) is 0 Å². The van der Waals surface area contributed by atoms with Crippen LogP contribution in [0.2, 0.25) is 5.02 Å². The Morgan fingerprint density at radius 2 is 1.96 bits per heavy atom. The molecule has 0 radical (unpaired) electrons. The van der Waals surface area contributed by atoms with Crippen molar-refractivity contribution in [2.24, 2.45) is 0 Å². The van der Waals surface area contributed by atoms with Crippen molar-refractivity contribution in [1.29, 1.82) is 0 Å². The van der Waals surface area contributed by atoms with Gasteiger partial charge >= 0.3 is 0 Å². The van der Waals surface area contributed by atoms with E-state index in [2.05, 4.69) is 20.6 Å². The summed E-state index contributed by atoms with van der Waals surface area (Å²) in [6.45, 7) is 2.43. The largest absolute Gasteiger partial charge is 0.495 e. The summed E-state index contributed by atoms with van der Waals surface area (Å²) < 4.78 is 5.29. The van der Waals surface area contributed by atoms with Crippen molar-refractivity contribution in [1.82, 2.24) is 9.97 Å². The fourth-order valence-electron chi connectivity index (χ4n) is 2.51. The number of nitrogens with zero attached hydrogens (tertiary/aromatic N) is 2. The lowest BCUT2D eigenvalue weighted by atomic mass is 10.2. The highest BCUT2D eigenvalue weighted by Crippen LogP contribution is 2.25. The number of hydrogen-bond donors (Lipinski definition) is 2. The van der Waals surface area contributed by atoms with Crippen LogP contribution in [-0.2, 0) is 6.54 Å². The Hall–Kier alpha value is -3.12. The number of anilines is 2. The predicted octanol–water partition coefficient (Wildman–Crippen LogP) is 4.31. The molecule has 0 spiro atoms. The van der Waals surface area contributed by atoms with Crippen molar-refractivity contribution < 1.29 is 9.53 Å². The van der Waals surface area contributed by atoms with E-state index in [9.17, 15) is 4.79 Å². The smallest absolute Gasteiger partial charge is 0.274 e. The van der Waals surface area contributed by atoms with E-state index < -0.39 is 0 Å². The highest BCUT2D eigenvalue weighted by atomic mass is 35.5. The number of aryl methyl sites for hydroxylation is 1. The molecule has 1 heterocycles. The highest BCUT2D eigenvalue weighted by Gasteiger charge is 2.12. The maximum absolute atomic E-state index is 12.6. The second-order valence-electron chi connectivity index (χ2n) is 5.89. The van der Waals surface area contributed by atoms with Crippen LogP contribution in [0.25, 0.3) is 0 Å². The summed E-state index contributed by atoms with van der Waals surface area (Å²) in [4.78, 5) is 20.8. The van der Waals surface area contributed by atoms with E-state index in [-0.39, 0.29) is 11.6 Å². The lowest BCUT2D eigenvalue weighted by Crippen LogP contribution is -2.15. The molecular formula is C20H19ClN4O2. The molecule has 0 atom stereocenters. The third-order valence-corrected chi connectivity index (χ3v) is 4.29. The number of rotatable bonds is 6. The Bertz CT molecular complexity index is 962. The Labute approximate surface area is 162 Å². The zero-order valence-electron chi connectivity index (χ0n) is 15.0. The van der Waals surface area contributed by atoms with Crippen molar-refractivity contribution in [3.8, 4) is 5.75 Å². The predicted molar refractivity (Wildman–Crippen MR) is 106 cm³/mol. The van der Waals surface area contributed by atoms with Crippen LogP contribution in [0.4, 0.5) is 11.5 Å². The van der Waals surface area contributed by atoms with E-state index in [1.807, 2.05) is 49.4 Å². The van der Waals surface area contributed by atoms with Gasteiger partial charge in [-0.3, -0.25) is 4.79 Å². The van der Waals surface area contributed by atoms with Gasteiger partial charge in [-0.25, -0.2) is 9.97 Å². The van der Waals surface area contributed by atoms with Crippen LogP contribution in [-0.4, -0.2) is 23.0 Å². The molecule has 0 fully saturated rings. The fraction of sp³-hybridized carbons (Fsp3) is 0.150. The molecule has 1 amide bonds. The van der Waals surface area contributed by atoms with E-state index in [4.69, 9.17) is 16.3 Å². The minimum Gasteiger partial charge on any atom is -0.495 e. The number of benzene rings is 2. The normalized spacial score (nSPS) is 10.3. The number of ether oxygens (including phenoxy) is 1. The minimum atomic E-state index is -0.345. The standard InChI is InChI=1S/C20H19ClN4O2/c1-13-7-8-18(27-2)16(9-13)25-20(26)17-10-19(24-12-23-17)22-11-14-5-3-4-6-15(14)21/h3-10,12H,11H2,1-2H3,(H,25,26)(H,22,23,24). The lowest BCUT2D eigenvalue weighted by Gasteiger charge is -2.11. The monoisotopic (exact) mass is 382 g/mol. The summed E-state index contributed by atoms with van der Waals surface area (Å²) in [6, 6.07) is 14.7. The van der Waals surface area contributed by atoms with Crippen LogP contribution >= 0.6 is 11.6 Å². The van der Waals surface area contributed by atoms with Crippen LogP contribution < -0.4 is 15.4 Å². The molecular weight excluding hydrogens is 364 g/mol. The topological polar surface area (TPSA) is 76.1 Å². The number of aromatic nitrogens is 2. The van der Waals surface area contributed by atoms with Crippen molar-refractivity contribution in [2.45, 2.75) is 13.5 Å². The van der Waals surface area contributed by atoms with E-state index in [0.29, 0.717) is 28.8 Å². The summed E-state index contributed by atoms with van der Waals surface area (Å²) >= 11 is 6.16. The van der Waals surface area contributed by atoms with Gasteiger partial charge in [0.05, 0.1) is 12.8 Å². The molecule has 0 aliphatic rings. The molecule has 0 unspecified atom stereocenters. The number of nitrogens with one attached hydrogen (secondary N) is 2. The zero-order valence-corrected chi connectivity index (χ0v) is 15.7. The number of halogens is 1. The second-order valence-corrected chi connectivity index (χ2v) is 6.30. The van der Waals surface area contributed by atoms with Gasteiger partial charge in [0, 0.05) is 17.6 Å². The Kier molecular flexibility index (Phi) is 5.88. The molecule has 2 N–H and O–H groups in total. The van der Waals surface area contributed by atoms with Gasteiger partial charge in [0.15, 0.2) is 0 Å². The average molecular weight is 383 g/mol. The summed E-state index contributed by atoms with van der Waals surface area (Å²) in [7, 11) is 1.56. The zero-order chi connectivity index (χ0) is 19.2. The first-order valence-electron chi connectivity index (χ1n) is 8.32. The molecule has 0 aliphatic carbocycles. The molecule has 7 heteroatoms. The summed E-state index contributed by atoms with van der Waals surface area (Å²) in [5.41, 5.74) is 2.78. The van der Waals surface area contributed by atoms with Crippen molar-refractivity contribution in [3.05, 3.63) is 76.7 Å². The Morgan fingerprint density at radius 3 is 2.74 bits per heavy atom. The third-order valence-electron chi connectivity index (χ3n) is 3.92. The average Bonchev–Trinajstić information content (AvgIpc) is 2.68. The molecule has 0 aliphatic heterocycles. The Balaban J connectivity index is 1.72. The summed E-state index contributed by atoms with van der Waals surface area (Å²) in [6.07, 6.45) is 1.34. The Morgan fingerprint density at radius 1 is 1.15 bits per heavy atom. The second kappa shape index (κ2) is 8.51. The van der Waals surface area contributed by atoms with Gasteiger partial charge in [0.1, 0.15) is 23.6 Å². The molecule has 138 valence electrons. The van der Waals surface area contributed by atoms with Gasteiger partial charge < -0.3 is 15.4 Å². The first kappa shape index (κ1) is 18.7. The first-order valence-corrected chi connectivity index (χ1v) is 8.70. The molecule has 3 aromatic rings. The van der Waals surface area contributed by atoms with Crippen molar-refractivity contribution >= 4 is 29.0 Å². The summed E-state index contributed by atoms with van der Waals surface area (Å²) in [5.74, 6) is 0.772. The van der Waals surface area contributed by atoms with Crippen LogP contribution in [0, 0.1) is 6.92 Å². The van der Waals surface area contributed by atoms with E-state index in [1.54, 1.807) is 13.2 Å². The van der Waals surface area contributed by atoms with E-state index in [0.717, 1.165) is 11.1 Å².